The van der Waals surface area contributed by atoms with Gasteiger partial charge in [-0.2, -0.15) is 0 Å². The highest BCUT2D eigenvalue weighted by atomic mass is 16.6. The molecule has 11 nitrogen and oxygen atoms in total. The quantitative estimate of drug-likeness (QED) is 0.284. The molecule has 0 spiro atoms. The van der Waals surface area contributed by atoms with E-state index in [0.717, 1.165) is 0 Å². The summed E-state index contributed by atoms with van der Waals surface area (Å²) in [4.78, 5) is 41.7. The van der Waals surface area contributed by atoms with E-state index in [9.17, 15) is 9.59 Å². The molecule has 6 N–H and O–H groups in total. The largest absolute Gasteiger partial charge is 0.503 e. The predicted octanol–water partition coefficient (Wildman–Crippen LogP) is 4.71. The highest BCUT2D eigenvalue weighted by molar-refractivity contribution is 6.08. The van der Waals surface area contributed by atoms with Crippen molar-refractivity contribution in [3.8, 4) is 0 Å². The fraction of sp³-hybridized carbons (Fsp3) is 0.208. The smallest absolute Gasteiger partial charge is 0.450 e. The van der Waals surface area contributed by atoms with E-state index in [0.29, 0.717) is 40.9 Å². The molecule has 0 atom stereocenters. The summed E-state index contributed by atoms with van der Waals surface area (Å²) in [6.07, 6.45) is 5.39. The number of anilines is 4. The van der Waals surface area contributed by atoms with Gasteiger partial charge in [0.2, 0.25) is 0 Å². The molecule has 0 aliphatic heterocycles. The minimum Gasteiger partial charge on any atom is -0.450 e. The van der Waals surface area contributed by atoms with Gasteiger partial charge in [-0.1, -0.05) is 12.1 Å². The molecule has 1 aromatic carbocycles. The average Bonchev–Trinajstić information content (AvgIpc) is 3.66. The first-order chi connectivity index (χ1) is 16.9. The van der Waals surface area contributed by atoms with Gasteiger partial charge < -0.3 is 26.2 Å². The zero-order valence-corrected chi connectivity index (χ0v) is 19.0. The Bertz CT molecular complexity index is 1160. The van der Waals surface area contributed by atoms with Crippen molar-refractivity contribution in [3.63, 3.8) is 0 Å². The maximum atomic E-state index is 13.0. The number of aromatic nitrogens is 2. The maximum absolute atomic E-state index is 13.0. The molecule has 11 heteroatoms. The molecule has 0 bridgehead atoms. The Labute approximate surface area is 201 Å². The van der Waals surface area contributed by atoms with E-state index in [1.165, 1.54) is 24.6 Å². The normalized spacial score (nSPS) is 11.9. The van der Waals surface area contributed by atoms with E-state index in [2.05, 4.69) is 43.4 Å². The van der Waals surface area contributed by atoms with E-state index in [1.54, 1.807) is 24.5 Å². The Hall–Kier alpha value is -4.67. The van der Waals surface area contributed by atoms with Gasteiger partial charge in [-0.05, 0) is 55.5 Å². The molecule has 3 amide bonds. The number of benzene rings is 1. The third-order valence-electron chi connectivity index (χ3n) is 4.89. The molecule has 0 saturated heterocycles. The topological polar surface area (TPSA) is 166 Å². The van der Waals surface area contributed by atoms with Crippen molar-refractivity contribution < 1.29 is 24.6 Å². The van der Waals surface area contributed by atoms with Gasteiger partial charge in [-0.3, -0.25) is 15.1 Å². The van der Waals surface area contributed by atoms with Crippen LogP contribution < -0.4 is 21.3 Å². The molecule has 35 heavy (non-hydrogen) atoms. The average molecular weight is 479 g/mol. The van der Waals surface area contributed by atoms with Crippen LogP contribution in [0.3, 0.4) is 0 Å². The van der Waals surface area contributed by atoms with Crippen molar-refractivity contribution in [2.45, 2.75) is 25.7 Å². The number of hydrogen-bond acceptors (Lipinski definition) is 6. The first-order valence-corrected chi connectivity index (χ1v) is 10.9. The summed E-state index contributed by atoms with van der Waals surface area (Å²) < 4.78 is 0. The number of carbonyl (C=O) groups excluding carboxylic acids is 2. The van der Waals surface area contributed by atoms with Crippen LogP contribution in [-0.2, 0) is 0 Å². The first-order valence-electron chi connectivity index (χ1n) is 10.9. The zero-order chi connectivity index (χ0) is 25.2. The summed E-state index contributed by atoms with van der Waals surface area (Å²) in [5.41, 5.74) is 3.57. The second kappa shape index (κ2) is 12.0. The van der Waals surface area contributed by atoms with Crippen LogP contribution in [0.15, 0.2) is 61.1 Å². The predicted molar refractivity (Wildman–Crippen MR) is 131 cm³/mol. The third kappa shape index (κ3) is 8.00. The summed E-state index contributed by atoms with van der Waals surface area (Å²) in [7, 11) is 0. The molecule has 2 aromatic heterocycles. The van der Waals surface area contributed by atoms with Gasteiger partial charge in [0.05, 0.1) is 23.1 Å². The maximum Gasteiger partial charge on any atom is 0.503 e. The lowest BCUT2D eigenvalue weighted by atomic mass is 10.1. The lowest BCUT2D eigenvalue weighted by Gasteiger charge is -2.14. The zero-order valence-electron chi connectivity index (χ0n) is 19.0. The molecule has 3 aromatic rings. The highest BCUT2D eigenvalue weighted by Crippen LogP contribution is 2.40. The summed E-state index contributed by atoms with van der Waals surface area (Å²) in [6.45, 7) is 2.32. The van der Waals surface area contributed by atoms with Crippen LogP contribution in [0, 0.1) is 0 Å². The standard InChI is InChI=1S/C23H24N6O2.CH2O3/c1-2-25-23(31)29-21-12-20(27-18-4-3-11-24-13-18)19(14-26-21)22(30)28-17-9-7-16(8-10-17)15-5-6-15;2-1(3)4/h3-4,7-15H,2,5-6H2,1H3,(H,28,30)(H3,25,26,27,29,31);(H2,2,3,4). The number of rotatable bonds is 7. The van der Waals surface area contributed by atoms with Gasteiger partial charge in [0.25, 0.3) is 5.91 Å². The second-order valence-electron chi connectivity index (χ2n) is 7.60. The number of carboxylic acid groups (broad SMARTS) is 2. The Morgan fingerprint density at radius 2 is 1.71 bits per heavy atom. The van der Waals surface area contributed by atoms with Crippen LogP contribution in [0.2, 0.25) is 0 Å². The Morgan fingerprint density at radius 1 is 1.00 bits per heavy atom. The number of amides is 3. The molecule has 4 rings (SSSR count). The molecule has 1 fully saturated rings. The summed E-state index contributed by atoms with van der Waals surface area (Å²) in [5.74, 6) is 0.680. The van der Waals surface area contributed by atoms with E-state index in [1.807, 2.05) is 25.1 Å². The monoisotopic (exact) mass is 478 g/mol. The van der Waals surface area contributed by atoms with Crippen LogP contribution in [-0.4, -0.2) is 44.8 Å². The first kappa shape index (κ1) is 25.0. The second-order valence-corrected chi connectivity index (χ2v) is 7.60. The number of nitrogens with one attached hydrogen (secondary N) is 4. The lowest BCUT2D eigenvalue weighted by Crippen LogP contribution is -2.28. The van der Waals surface area contributed by atoms with Crippen molar-refractivity contribution in [1.82, 2.24) is 15.3 Å². The van der Waals surface area contributed by atoms with Crippen LogP contribution >= 0.6 is 0 Å². The van der Waals surface area contributed by atoms with Crippen molar-refractivity contribution in [1.29, 1.82) is 0 Å². The van der Waals surface area contributed by atoms with E-state index < -0.39 is 6.16 Å². The molecule has 182 valence electrons. The van der Waals surface area contributed by atoms with Crippen LogP contribution in [0.4, 0.5) is 32.5 Å². The molecular formula is C24H26N6O5. The molecule has 0 radical (unpaired) electrons. The molecule has 0 unspecified atom stereocenters. The minimum absolute atomic E-state index is 0.303. The Morgan fingerprint density at radius 3 is 2.31 bits per heavy atom. The van der Waals surface area contributed by atoms with Crippen LogP contribution in [0.1, 0.15) is 41.6 Å². The lowest BCUT2D eigenvalue weighted by molar-refractivity contribution is 0.102. The number of hydrogen-bond donors (Lipinski definition) is 6. The Kier molecular flexibility index (Phi) is 8.54. The molecule has 1 aliphatic carbocycles. The number of pyridine rings is 2. The highest BCUT2D eigenvalue weighted by Gasteiger charge is 2.23. The van der Waals surface area contributed by atoms with Crippen molar-refractivity contribution >= 4 is 41.0 Å². The fourth-order valence-electron chi connectivity index (χ4n) is 3.18. The van der Waals surface area contributed by atoms with Crippen LogP contribution in [0.25, 0.3) is 0 Å². The van der Waals surface area contributed by atoms with Crippen molar-refractivity contribution in [3.05, 3.63) is 72.2 Å². The van der Waals surface area contributed by atoms with Gasteiger partial charge in [-0.25, -0.2) is 14.6 Å². The summed E-state index contributed by atoms with van der Waals surface area (Å²) in [5, 5.41) is 25.4. The van der Waals surface area contributed by atoms with Gasteiger partial charge >= 0.3 is 12.2 Å². The van der Waals surface area contributed by atoms with E-state index in [4.69, 9.17) is 15.0 Å². The van der Waals surface area contributed by atoms with Gasteiger partial charge in [0.15, 0.2) is 0 Å². The van der Waals surface area contributed by atoms with Gasteiger partial charge in [-0.15, -0.1) is 0 Å². The fourth-order valence-corrected chi connectivity index (χ4v) is 3.18. The van der Waals surface area contributed by atoms with E-state index in [-0.39, 0.29) is 11.9 Å². The SMILES string of the molecule is CCNC(=O)Nc1cc(Nc2cccnc2)c(C(=O)Nc2ccc(C3CC3)cc2)cn1.O=C(O)O. The molecule has 1 aliphatic rings. The Balaban J connectivity index is 0.000000795. The summed E-state index contributed by atoms with van der Waals surface area (Å²) >= 11 is 0. The number of urea groups is 1. The van der Waals surface area contributed by atoms with Crippen molar-refractivity contribution in [2.75, 3.05) is 22.5 Å². The summed E-state index contributed by atoms with van der Waals surface area (Å²) in [6, 6.07) is 12.8. The van der Waals surface area contributed by atoms with Crippen molar-refractivity contribution in [2.24, 2.45) is 0 Å². The van der Waals surface area contributed by atoms with Crippen LogP contribution in [0.5, 0.6) is 0 Å². The molecular weight excluding hydrogens is 452 g/mol. The number of nitrogens with zero attached hydrogens (tertiary/aromatic N) is 2. The number of carbonyl (C=O) groups is 3. The third-order valence-corrected chi connectivity index (χ3v) is 4.89. The minimum atomic E-state index is -1.83. The molecule has 1 saturated carbocycles. The van der Waals surface area contributed by atoms with E-state index >= 15 is 0 Å². The van der Waals surface area contributed by atoms with Gasteiger partial charge in [0, 0.05) is 30.7 Å². The molecule has 2 heterocycles. The van der Waals surface area contributed by atoms with Gasteiger partial charge in [0.1, 0.15) is 5.82 Å².